The molecule has 0 spiro atoms. The van der Waals surface area contributed by atoms with E-state index in [0.29, 0.717) is 29.0 Å². The molecule has 3 N–H and O–H groups in total. The second kappa shape index (κ2) is 10.8. The maximum atomic E-state index is 6.08. The summed E-state index contributed by atoms with van der Waals surface area (Å²) in [6, 6.07) is 1.66. The van der Waals surface area contributed by atoms with Crippen molar-refractivity contribution in [2.45, 2.75) is 26.8 Å². The molecule has 0 fully saturated rings. The normalized spacial score (nSPS) is 11.5. The second-order valence-corrected chi connectivity index (χ2v) is 6.24. The number of nitrogens with zero attached hydrogens (tertiary/aromatic N) is 5. The van der Waals surface area contributed by atoms with Crippen LogP contribution in [0.5, 0.6) is 0 Å². The standard InChI is InChI=1S/C16H24Cl2N8/c1-3-14-25-24-11-26(14)8-7-22-16(19-4-2)21-6-5-20-15-13(18)9-12(17)10-23-15/h9-11H,3-8H2,1-2H3,(H,20,23)(H2,19,21,22). The van der Waals surface area contributed by atoms with Gasteiger partial charge in [-0.15, -0.1) is 10.2 Å². The van der Waals surface area contributed by atoms with Crippen LogP contribution in [0.15, 0.2) is 23.6 Å². The number of pyridine rings is 1. The number of hydrogen-bond acceptors (Lipinski definition) is 5. The van der Waals surface area contributed by atoms with E-state index in [1.807, 2.05) is 11.5 Å². The van der Waals surface area contributed by atoms with E-state index in [1.54, 1.807) is 18.6 Å². The Morgan fingerprint density at radius 3 is 2.81 bits per heavy atom. The Kier molecular flexibility index (Phi) is 8.43. The van der Waals surface area contributed by atoms with Crippen LogP contribution in [0.2, 0.25) is 10.0 Å². The highest BCUT2D eigenvalue weighted by Gasteiger charge is 2.03. The molecule has 0 radical (unpaired) electrons. The number of anilines is 1. The van der Waals surface area contributed by atoms with E-state index < -0.39 is 0 Å². The topological polar surface area (TPSA) is 92.1 Å². The Hall–Kier alpha value is -2.06. The van der Waals surface area contributed by atoms with Crippen molar-refractivity contribution in [3.8, 4) is 0 Å². The van der Waals surface area contributed by atoms with Gasteiger partial charge in [-0.05, 0) is 13.0 Å². The Morgan fingerprint density at radius 2 is 2.08 bits per heavy atom. The Morgan fingerprint density at radius 1 is 1.23 bits per heavy atom. The fourth-order valence-electron chi connectivity index (χ4n) is 2.26. The van der Waals surface area contributed by atoms with Gasteiger partial charge in [0.05, 0.1) is 16.6 Å². The van der Waals surface area contributed by atoms with Crippen LogP contribution >= 0.6 is 23.2 Å². The molecule has 142 valence electrons. The van der Waals surface area contributed by atoms with Crippen molar-refractivity contribution in [1.29, 1.82) is 0 Å². The van der Waals surface area contributed by atoms with Crippen molar-refractivity contribution in [1.82, 2.24) is 30.4 Å². The molecule has 0 bridgehead atoms. The largest absolute Gasteiger partial charge is 0.367 e. The van der Waals surface area contributed by atoms with Gasteiger partial charge < -0.3 is 20.5 Å². The lowest BCUT2D eigenvalue weighted by Crippen LogP contribution is -2.39. The van der Waals surface area contributed by atoms with E-state index in [9.17, 15) is 0 Å². The summed E-state index contributed by atoms with van der Waals surface area (Å²) in [7, 11) is 0. The van der Waals surface area contributed by atoms with Gasteiger partial charge in [0.15, 0.2) is 5.96 Å². The number of rotatable bonds is 9. The first kappa shape index (κ1) is 20.3. The summed E-state index contributed by atoms with van der Waals surface area (Å²) >= 11 is 11.9. The van der Waals surface area contributed by atoms with Crippen LogP contribution in [0.4, 0.5) is 5.82 Å². The minimum Gasteiger partial charge on any atom is -0.367 e. The molecule has 0 aliphatic rings. The van der Waals surface area contributed by atoms with Gasteiger partial charge >= 0.3 is 0 Å². The minimum atomic E-state index is 0.493. The van der Waals surface area contributed by atoms with Crippen molar-refractivity contribution >= 4 is 35.0 Å². The first-order chi connectivity index (χ1) is 12.6. The highest BCUT2D eigenvalue weighted by molar-refractivity contribution is 6.35. The fourth-order valence-corrected chi connectivity index (χ4v) is 2.71. The second-order valence-electron chi connectivity index (χ2n) is 5.39. The third-order valence-corrected chi connectivity index (χ3v) is 3.98. The first-order valence-electron chi connectivity index (χ1n) is 8.57. The smallest absolute Gasteiger partial charge is 0.191 e. The number of nitrogens with one attached hydrogen (secondary N) is 3. The zero-order valence-electron chi connectivity index (χ0n) is 15.0. The minimum absolute atomic E-state index is 0.493. The average molecular weight is 399 g/mol. The fraction of sp³-hybridized carbons (Fsp3) is 0.500. The molecule has 2 rings (SSSR count). The van der Waals surface area contributed by atoms with Gasteiger partial charge in [0, 0.05) is 38.8 Å². The molecule has 2 aromatic heterocycles. The molecule has 0 aliphatic carbocycles. The number of aliphatic imine (C=N–C) groups is 1. The number of halogens is 2. The van der Waals surface area contributed by atoms with Crippen LogP contribution in [0.1, 0.15) is 19.7 Å². The molecule has 0 saturated heterocycles. The van der Waals surface area contributed by atoms with Gasteiger partial charge in [-0.2, -0.15) is 0 Å². The van der Waals surface area contributed by atoms with Crippen molar-refractivity contribution in [2.75, 3.05) is 31.5 Å². The Labute approximate surface area is 163 Å². The van der Waals surface area contributed by atoms with Crippen LogP contribution in [0.3, 0.4) is 0 Å². The maximum absolute atomic E-state index is 6.08. The lowest BCUT2D eigenvalue weighted by molar-refractivity contribution is 0.633. The number of guanidine groups is 1. The lowest BCUT2D eigenvalue weighted by atomic mass is 10.4. The average Bonchev–Trinajstić information content (AvgIpc) is 3.07. The molecule has 0 unspecified atom stereocenters. The molecule has 0 atom stereocenters. The van der Waals surface area contributed by atoms with E-state index in [0.717, 1.165) is 37.8 Å². The van der Waals surface area contributed by atoms with Gasteiger partial charge in [-0.3, -0.25) is 4.99 Å². The highest BCUT2D eigenvalue weighted by atomic mass is 35.5. The van der Waals surface area contributed by atoms with Gasteiger partial charge in [0.1, 0.15) is 18.0 Å². The maximum Gasteiger partial charge on any atom is 0.191 e. The zero-order chi connectivity index (χ0) is 18.8. The van der Waals surface area contributed by atoms with Gasteiger partial charge in [-0.1, -0.05) is 30.1 Å². The molecule has 0 amide bonds. The summed E-state index contributed by atoms with van der Waals surface area (Å²) in [4.78, 5) is 8.69. The van der Waals surface area contributed by atoms with E-state index in [-0.39, 0.29) is 0 Å². The third-order valence-electron chi connectivity index (χ3n) is 3.48. The van der Waals surface area contributed by atoms with Crippen molar-refractivity contribution < 1.29 is 0 Å². The van der Waals surface area contributed by atoms with E-state index in [2.05, 4.69) is 43.0 Å². The number of aromatic nitrogens is 4. The molecule has 0 aromatic carbocycles. The van der Waals surface area contributed by atoms with Crippen LogP contribution in [-0.4, -0.2) is 51.9 Å². The summed E-state index contributed by atoms with van der Waals surface area (Å²) < 4.78 is 2.03. The molecule has 2 heterocycles. The molecule has 8 nitrogen and oxygen atoms in total. The SMILES string of the molecule is CCNC(=NCCNc1ncc(Cl)cc1Cl)NCCn1cnnc1CC. The summed E-state index contributed by atoms with van der Waals surface area (Å²) in [5.74, 6) is 2.34. The molecular formula is C16H24Cl2N8. The van der Waals surface area contributed by atoms with E-state index in [1.165, 1.54) is 0 Å². The summed E-state index contributed by atoms with van der Waals surface area (Å²) in [5.41, 5.74) is 0. The van der Waals surface area contributed by atoms with E-state index in [4.69, 9.17) is 23.2 Å². The summed E-state index contributed by atoms with van der Waals surface area (Å²) in [6.45, 7) is 7.57. The lowest BCUT2D eigenvalue weighted by Gasteiger charge is -2.12. The van der Waals surface area contributed by atoms with Gasteiger partial charge in [-0.25, -0.2) is 4.98 Å². The van der Waals surface area contributed by atoms with Crippen LogP contribution < -0.4 is 16.0 Å². The molecule has 26 heavy (non-hydrogen) atoms. The van der Waals surface area contributed by atoms with Crippen molar-refractivity contribution in [2.24, 2.45) is 4.99 Å². The highest BCUT2D eigenvalue weighted by Crippen LogP contribution is 2.21. The quantitative estimate of drug-likeness (QED) is 0.340. The number of hydrogen-bond donors (Lipinski definition) is 3. The van der Waals surface area contributed by atoms with Crippen molar-refractivity contribution in [3.05, 3.63) is 34.5 Å². The molecule has 0 saturated carbocycles. The Balaban J connectivity index is 1.78. The first-order valence-corrected chi connectivity index (χ1v) is 9.33. The molecule has 10 heteroatoms. The molecule has 0 aliphatic heterocycles. The van der Waals surface area contributed by atoms with E-state index >= 15 is 0 Å². The monoisotopic (exact) mass is 398 g/mol. The molecular weight excluding hydrogens is 375 g/mol. The van der Waals surface area contributed by atoms with Crippen molar-refractivity contribution in [3.63, 3.8) is 0 Å². The zero-order valence-corrected chi connectivity index (χ0v) is 16.5. The van der Waals surface area contributed by atoms with Crippen LogP contribution in [0.25, 0.3) is 0 Å². The number of aryl methyl sites for hydroxylation is 1. The summed E-state index contributed by atoms with van der Waals surface area (Å²) in [6.07, 6.45) is 4.17. The predicted octanol–water partition coefficient (Wildman–Crippen LogP) is 2.21. The van der Waals surface area contributed by atoms with Gasteiger partial charge in [0.25, 0.3) is 0 Å². The van der Waals surface area contributed by atoms with Gasteiger partial charge in [0.2, 0.25) is 0 Å². The Bertz CT molecular complexity index is 716. The van der Waals surface area contributed by atoms with Crippen LogP contribution in [-0.2, 0) is 13.0 Å². The van der Waals surface area contributed by atoms with Crippen LogP contribution in [0, 0.1) is 0 Å². The molecule has 2 aromatic rings. The predicted molar refractivity (Wildman–Crippen MR) is 106 cm³/mol. The third kappa shape index (κ3) is 6.34. The summed E-state index contributed by atoms with van der Waals surface area (Å²) in [5, 5.41) is 18.7.